The summed E-state index contributed by atoms with van der Waals surface area (Å²) in [7, 11) is -5.09. The van der Waals surface area contributed by atoms with E-state index in [0.717, 1.165) is 11.6 Å². The maximum absolute atomic E-state index is 12.9. The second-order valence-corrected chi connectivity index (χ2v) is 15.1. The third-order valence-electron chi connectivity index (χ3n) is 4.03. The number of rotatable bonds is 10. The normalized spacial score (nSPS) is 15.0. The molecule has 1 aromatic rings. The number of aliphatic hydroxyl groups is 1. The summed E-state index contributed by atoms with van der Waals surface area (Å²) in [6.07, 6.45) is 2.50. The smallest absolute Gasteiger partial charge is 0.243 e. The van der Waals surface area contributed by atoms with E-state index < -0.39 is 24.2 Å². The fourth-order valence-electron chi connectivity index (χ4n) is 2.70. The van der Waals surface area contributed by atoms with Gasteiger partial charge in [0.1, 0.15) is 0 Å². The van der Waals surface area contributed by atoms with Crippen LogP contribution < -0.4 is 0 Å². The molecule has 4 nitrogen and oxygen atoms in total. The lowest BCUT2D eigenvalue weighted by atomic mass is 10.1. The third-order valence-corrected chi connectivity index (χ3v) is 7.57. The molecule has 0 unspecified atom stereocenters. The number of aryl methyl sites for hydroxylation is 1. The molecule has 0 aliphatic carbocycles. The van der Waals surface area contributed by atoms with Gasteiger partial charge < -0.3 is 5.11 Å². The highest BCUT2D eigenvalue weighted by molar-refractivity contribution is 7.89. The third kappa shape index (κ3) is 6.54. The van der Waals surface area contributed by atoms with Gasteiger partial charge in [-0.05, 0) is 25.1 Å². The van der Waals surface area contributed by atoms with Crippen molar-refractivity contribution in [3.63, 3.8) is 0 Å². The predicted octanol–water partition coefficient (Wildman–Crippen LogP) is 3.67. The standard InChI is InChI=1S/C19H31NO3SSi/c1-7-13-20(14-19(21)17(8-2)15-25(4,5)6)24(22,23)18-11-9-16(3)10-12-18/h7-12,17,19,21H,1-2,13-15H2,3-6H3/t17-,19-/m0/s1. The molecule has 0 spiro atoms. The molecule has 0 aliphatic rings. The number of nitrogens with zero attached hydrogens (tertiary/aromatic N) is 1. The first kappa shape index (κ1) is 21.8. The fourth-order valence-corrected chi connectivity index (χ4v) is 5.98. The lowest BCUT2D eigenvalue weighted by molar-refractivity contribution is 0.115. The first-order valence-electron chi connectivity index (χ1n) is 8.49. The van der Waals surface area contributed by atoms with Crippen molar-refractivity contribution < 1.29 is 13.5 Å². The molecule has 1 rings (SSSR count). The van der Waals surface area contributed by atoms with E-state index in [1.807, 2.05) is 6.92 Å². The maximum Gasteiger partial charge on any atom is 0.243 e. The Balaban J connectivity index is 3.04. The zero-order chi connectivity index (χ0) is 19.3. The lowest BCUT2D eigenvalue weighted by Crippen LogP contribution is -2.41. The molecule has 0 heterocycles. The van der Waals surface area contributed by atoms with Crippen molar-refractivity contribution in [2.75, 3.05) is 13.1 Å². The first-order valence-corrected chi connectivity index (χ1v) is 13.6. The second kappa shape index (κ2) is 8.94. The van der Waals surface area contributed by atoms with E-state index in [1.165, 1.54) is 4.31 Å². The lowest BCUT2D eigenvalue weighted by Gasteiger charge is -2.30. The van der Waals surface area contributed by atoms with E-state index in [0.29, 0.717) is 0 Å². The molecule has 0 radical (unpaired) electrons. The fraction of sp³-hybridized carbons (Fsp3) is 0.474. The minimum absolute atomic E-state index is 0.0311. The maximum atomic E-state index is 12.9. The van der Waals surface area contributed by atoms with Gasteiger partial charge in [0, 0.05) is 27.1 Å². The van der Waals surface area contributed by atoms with E-state index >= 15 is 0 Å². The molecule has 0 saturated heterocycles. The Hall–Kier alpha value is -1.21. The van der Waals surface area contributed by atoms with Crippen LogP contribution in [0.15, 0.2) is 54.5 Å². The topological polar surface area (TPSA) is 57.6 Å². The van der Waals surface area contributed by atoms with E-state index in [-0.39, 0.29) is 23.9 Å². The largest absolute Gasteiger partial charge is 0.391 e. The highest BCUT2D eigenvalue weighted by Gasteiger charge is 2.30. The molecule has 0 fully saturated rings. The van der Waals surface area contributed by atoms with Crippen molar-refractivity contribution in [2.45, 2.75) is 43.6 Å². The minimum Gasteiger partial charge on any atom is -0.391 e. The van der Waals surface area contributed by atoms with Crippen LogP contribution in [0.3, 0.4) is 0 Å². The Labute approximate surface area is 153 Å². The molecule has 0 aliphatic heterocycles. The van der Waals surface area contributed by atoms with Gasteiger partial charge in [0.05, 0.1) is 11.0 Å². The Bertz CT molecular complexity index is 678. The van der Waals surface area contributed by atoms with E-state index in [9.17, 15) is 13.5 Å². The molecule has 0 aromatic heterocycles. The van der Waals surface area contributed by atoms with Crippen molar-refractivity contribution >= 4 is 18.1 Å². The van der Waals surface area contributed by atoms with E-state index in [4.69, 9.17) is 0 Å². The number of sulfonamides is 1. The number of benzene rings is 1. The summed E-state index contributed by atoms with van der Waals surface area (Å²) >= 11 is 0. The van der Waals surface area contributed by atoms with Gasteiger partial charge in [0.15, 0.2) is 0 Å². The molecule has 0 bridgehead atoms. The zero-order valence-electron chi connectivity index (χ0n) is 15.8. The van der Waals surface area contributed by atoms with Crippen LogP contribution >= 0.6 is 0 Å². The highest BCUT2D eigenvalue weighted by Crippen LogP contribution is 2.24. The summed E-state index contributed by atoms with van der Waals surface area (Å²) in [5, 5.41) is 10.6. The van der Waals surface area contributed by atoms with Gasteiger partial charge in [-0.3, -0.25) is 0 Å². The summed E-state index contributed by atoms with van der Waals surface area (Å²) in [5.41, 5.74) is 0.996. The van der Waals surface area contributed by atoms with Crippen LogP contribution in [0.25, 0.3) is 0 Å². The van der Waals surface area contributed by atoms with Gasteiger partial charge in [-0.2, -0.15) is 4.31 Å². The van der Waals surface area contributed by atoms with Crippen molar-refractivity contribution in [1.82, 2.24) is 4.31 Å². The zero-order valence-corrected chi connectivity index (χ0v) is 17.6. The van der Waals surface area contributed by atoms with Crippen LogP contribution in [0, 0.1) is 12.8 Å². The second-order valence-electron chi connectivity index (χ2n) is 7.66. The van der Waals surface area contributed by atoms with Crippen LogP contribution in [0.4, 0.5) is 0 Å². The Morgan fingerprint density at radius 3 is 2.20 bits per heavy atom. The number of hydrogen-bond donors (Lipinski definition) is 1. The van der Waals surface area contributed by atoms with Crippen LogP contribution in [-0.4, -0.2) is 45.1 Å². The molecule has 1 aromatic carbocycles. The molecule has 0 saturated carbocycles. The number of hydrogen-bond acceptors (Lipinski definition) is 3. The molecule has 1 N–H and O–H groups in total. The first-order chi connectivity index (χ1) is 11.5. The summed E-state index contributed by atoms with van der Waals surface area (Å²) in [6, 6.07) is 7.60. The van der Waals surface area contributed by atoms with Crippen LogP contribution in [-0.2, 0) is 10.0 Å². The number of aliphatic hydroxyl groups excluding tert-OH is 1. The summed E-state index contributed by atoms with van der Waals surface area (Å²) in [4.78, 5) is 0.229. The minimum atomic E-state index is -3.68. The summed E-state index contributed by atoms with van der Waals surface area (Å²) < 4.78 is 27.1. The molecule has 25 heavy (non-hydrogen) atoms. The van der Waals surface area contributed by atoms with Gasteiger partial charge in [-0.25, -0.2) is 8.42 Å². The molecular weight excluding hydrogens is 350 g/mol. The average molecular weight is 382 g/mol. The van der Waals surface area contributed by atoms with Crippen molar-refractivity contribution in [3.8, 4) is 0 Å². The summed E-state index contributed by atoms with van der Waals surface area (Å²) in [5.74, 6) is -0.118. The van der Waals surface area contributed by atoms with Gasteiger partial charge in [0.25, 0.3) is 0 Å². The van der Waals surface area contributed by atoms with E-state index in [2.05, 4.69) is 32.8 Å². The predicted molar refractivity (Wildman–Crippen MR) is 108 cm³/mol. The average Bonchev–Trinajstić information content (AvgIpc) is 2.51. The van der Waals surface area contributed by atoms with Crippen LogP contribution in [0.5, 0.6) is 0 Å². The van der Waals surface area contributed by atoms with Crippen molar-refractivity contribution in [1.29, 1.82) is 0 Å². The Morgan fingerprint density at radius 2 is 1.76 bits per heavy atom. The highest BCUT2D eigenvalue weighted by atomic mass is 32.2. The molecule has 0 amide bonds. The molecule has 6 heteroatoms. The quantitative estimate of drug-likeness (QED) is 0.497. The van der Waals surface area contributed by atoms with Gasteiger partial charge in [-0.1, -0.05) is 49.5 Å². The Morgan fingerprint density at radius 1 is 1.20 bits per heavy atom. The summed E-state index contributed by atoms with van der Waals surface area (Å²) in [6.45, 7) is 16.2. The molecular formula is C19H31NO3SSi. The van der Waals surface area contributed by atoms with Crippen LogP contribution in [0.1, 0.15) is 5.56 Å². The van der Waals surface area contributed by atoms with Crippen LogP contribution in [0.2, 0.25) is 25.7 Å². The van der Waals surface area contributed by atoms with Gasteiger partial charge in [0.2, 0.25) is 10.0 Å². The van der Waals surface area contributed by atoms with Gasteiger partial charge >= 0.3 is 0 Å². The SMILES string of the molecule is C=CCN(C[C@H](O)[C@@H](C=C)C[Si](C)(C)C)S(=O)(=O)c1ccc(C)cc1. The van der Waals surface area contributed by atoms with E-state index in [1.54, 1.807) is 36.4 Å². The molecule has 140 valence electrons. The van der Waals surface area contributed by atoms with Crippen molar-refractivity contribution in [2.24, 2.45) is 5.92 Å². The monoisotopic (exact) mass is 381 g/mol. The molecule has 2 atom stereocenters. The van der Waals surface area contributed by atoms with Gasteiger partial charge in [-0.15, -0.1) is 13.2 Å². The Kier molecular flexibility index (Phi) is 7.80. The van der Waals surface area contributed by atoms with Crippen molar-refractivity contribution in [3.05, 3.63) is 55.1 Å².